The summed E-state index contributed by atoms with van der Waals surface area (Å²) < 4.78 is 5.16. The largest absolute Gasteiger partial charge is 0.383 e. The Hall–Kier alpha value is -0.120. The molecular weight excluding hydrogens is 212 g/mol. The SMILES string of the molecule is CCCNC(CN(CC)CCOC)C(C)(C)C. The van der Waals surface area contributed by atoms with E-state index in [1.54, 1.807) is 7.11 Å². The standard InChI is InChI=1S/C14H32N2O/c1-7-9-15-13(14(3,4)5)12-16(8-2)10-11-17-6/h13,15H,7-12H2,1-6H3. The summed E-state index contributed by atoms with van der Waals surface area (Å²) in [5.74, 6) is 0. The van der Waals surface area contributed by atoms with E-state index in [1.807, 2.05) is 0 Å². The summed E-state index contributed by atoms with van der Waals surface area (Å²) in [7, 11) is 1.77. The number of methoxy groups -OCH3 is 1. The number of ether oxygens (including phenoxy) is 1. The van der Waals surface area contributed by atoms with Crippen molar-refractivity contribution in [3.8, 4) is 0 Å². The summed E-state index contributed by atoms with van der Waals surface area (Å²) in [6.07, 6.45) is 1.19. The Morgan fingerprint density at radius 3 is 2.29 bits per heavy atom. The fraction of sp³-hybridized carbons (Fsp3) is 1.00. The van der Waals surface area contributed by atoms with Crippen molar-refractivity contribution in [2.45, 2.75) is 47.1 Å². The van der Waals surface area contributed by atoms with Crippen LogP contribution in [0.25, 0.3) is 0 Å². The molecule has 0 heterocycles. The lowest BCUT2D eigenvalue weighted by Gasteiger charge is -2.35. The van der Waals surface area contributed by atoms with Gasteiger partial charge in [0, 0.05) is 26.2 Å². The van der Waals surface area contributed by atoms with Crippen LogP contribution in [0.1, 0.15) is 41.0 Å². The zero-order chi connectivity index (χ0) is 13.3. The van der Waals surface area contributed by atoms with E-state index in [-0.39, 0.29) is 0 Å². The van der Waals surface area contributed by atoms with Crippen LogP contribution in [0.5, 0.6) is 0 Å². The number of nitrogens with one attached hydrogen (secondary N) is 1. The molecule has 1 atom stereocenters. The minimum Gasteiger partial charge on any atom is -0.383 e. The van der Waals surface area contributed by atoms with Gasteiger partial charge >= 0.3 is 0 Å². The second kappa shape index (κ2) is 8.90. The molecule has 17 heavy (non-hydrogen) atoms. The van der Waals surface area contributed by atoms with Crippen LogP contribution < -0.4 is 5.32 Å². The maximum absolute atomic E-state index is 5.16. The Morgan fingerprint density at radius 1 is 1.24 bits per heavy atom. The van der Waals surface area contributed by atoms with E-state index in [1.165, 1.54) is 6.42 Å². The van der Waals surface area contributed by atoms with E-state index in [4.69, 9.17) is 4.74 Å². The first-order valence-electron chi connectivity index (χ1n) is 6.90. The minimum absolute atomic E-state index is 0.301. The van der Waals surface area contributed by atoms with Crippen molar-refractivity contribution >= 4 is 0 Å². The number of nitrogens with zero attached hydrogens (tertiary/aromatic N) is 1. The zero-order valence-corrected chi connectivity index (χ0v) is 12.7. The van der Waals surface area contributed by atoms with E-state index in [0.717, 1.165) is 32.8 Å². The van der Waals surface area contributed by atoms with Crippen molar-refractivity contribution in [1.29, 1.82) is 0 Å². The number of hydrogen-bond acceptors (Lipinski definition) is 3. The maximum atomic E-state index is 5.16. The highest BCUT2D eigenvalue weighted by Gasteiger charge is 2.25. The monoisotopic (exact) mass is 244 g/mol. The van der Waals surface area contributed by atoms with Crippen molar-refractivity contribution < 1.29 is 4.74 Å². The second-order valence-electron chi connectivity index (χ2n) is 5.76. The quantitative estimate of drug-likeness (QED) is 0.674. The summed E-state index contributed by atoms with van der Waals surface area (Å²) in [6.45, 7) is 16.5. The molecule has 3 heteroatoms. The molecule has 0 spiro atoms. The highest BCUT2D eigenvalue weighted by atomic mass is 16.5. The molecule has 1 N–H and O–H groups in total. The van der Waals surface area contributed by atoms with E-state index in [0.29, 0.717) is 11.5 Å². The lowest BCUT2D eigenvalue weighted by Crippen LogP contribution is -2.49. The summed E-state index contributed by atoms with van der Waals surface area (Å²) in [5, 5.41) is 3.67. The normalized spacial score (nSPS) is 14.3. The van der Waals surface area contributed by atoms with Crippen LogP contribution in [0.15, 0.2) is 0 Å². The lowest BCUT2D eigenvalue weighted by atomic mass is 9.86. The molecule has 0 aliphatic rings. The van der Waals surface area contributed by atoms with E-state index in [2.05, 4.69) is 44.8 Å². The van der Waals surface area contributed by atoms with E-state index in [9.17, 15) is 0 Å². The van der Waals surface area contributed by atoms with Gasteiger partial charge in [0.25, 0.3) is 0 Å². The maximum Gasteiger partial charge on any atom is 0.0589 e. The molecule has 0 aromatic rings. The van der Waals surface area contributed by atoms with Gasteiger partial charge in [-0.3, -0.25) is 4.90 Å². The molecule has 0 aromatic carbocycles. The number of rotatable bonds is 9. The average Bonchev–Trinajstić information content (AvgIpc) is 2.26. The van der Waals surface area contributed by atoms with Gasteiger partial charge in [0.05, 0.1) is 6.61 Å². The van der Waals surface area contributed by atoms with Crippen molar-refractivity contribution in [3.63, 3.8) is 0 Å². The van der Waals surface area contributed by atoms with Gasteiger partial charge in [-0.1, -0.05) is 34.6 Å². The second-order valence-corrected chi connectivity index (χ2v) is 5.76. The fourth-order valence-electron chi connectivity index (χ4n) is 1.82. The molecule has 0 fully saturated rings. The van der Waals surface area contributed by atoms with Gasteiger partial charge in [0.1, 0.15) is 0 Å². The van der Waals surface area contributed by atoms with Crippen LogP contribution in [0.4, 0.5) is 0 Å². The topological polar surface area (TPSA) is 24.5 Å². The molecule has 3 nitrogen and oxygen atoms in total. The molecule has 0 rings (SSSR count). The van der Waals surface area contributed by atoms with Gasteiger partial charge in [-0.05, 0) is 24.9 Å². The minimum atomic E-state index is 0.301. The molecule has 0 aliphatic heterocycles. The molecule has 0 saturated carbocycles. The van der Waals surface area contributed by atoms with Crippen LogP contribution in [0.2, 0.25) is 0 Å². The Morgan fingerprint density at radius 2 is 1.88 bits per heavy atom. The molecule has 0 bridgehead atoms. The number of hydrogen-bond donors (Lipinski definition) is 1. The Kier molecular flexibility index (Phi) is 8.83. The van der Waals surface area contributed by atoms with Crippen LogP contribution >= 0.6 is 0 Å². The molecule has 0 aromatic heterocycles. The molecule has 0 aliphatic carbocycles. The van der Waals surface area contributed by atoms with Gasteiger partial charge in [-0.15, -0.1) is 0 Å². The van der Waals surface area contributed by atoms with Crippen molar-refractivity contribution in [2.24, 2.45) is 5.41 Å². The Balaban J connectivity index is 4.27. The highest BCUT2D eigenvalue weighted by Crippen LogP contribution is 2.20. The summed E-state index contributed by atoms with van der Waals surface area (Å²) >= 11 is 0. The first-order valence-corrected chi connectivity index (χ1v) is 6.90. The van der Waals surface area contributed by atoms with Gasteiger partial charge in [-0.2, -0.15) is 0 Å². The molecule has 0 amide bonds. The van der Waals surface area contributed by atoms with Gasteiger partial charge in [0.2, 0.25) is 0 Å². The Labute approximate surface area is 108 Å². The van der Waals surface area contributed by atoms with Gasteiger partial charge in [-0.25, -0.2) is 0 Å². The third-order valence-corrected chi connectivity index (χ3v) is 3.19. The molecule has 1 unspecified atom stereocenters. The fourth-order valence-corrected chi connectivity index (χ4v) is 1.82. The predicted octanol–water partition coefficient (Wildman–Crippen LogP) is 2.37. The third-order valence-electron chi connectivity index (χ3n) is 3.19. The highest BCUT2D eigenvalue weighted by molar-refractivity contribution is 4.83. The summed E-state index contributed by atoms with van der Waals surface area (Å²) in [6, 6.07) is 0.541. The predicted molar refractivity (Wildman–Crippen MR) is 75.5 cm³/mol. The lowest BCUT2D eigenvalue weighted by molar-refractivity contribution is 0.125. The Bertz CT molecular complexity index is 178. The van der Waals surface area contributed by atoms with Crippen molar-refractivity contribution in [1.82, 2.24) is 10.2 Å². The first kappa shape index (κ1) is 16.9. The summed E-state index contributed by atoms with van der Waals surface area (Å²) in [4.78, 5) is 2.46. The van der Waals surface area contributed by atoms with Crippen LogP contribution in [0.3, 0.4) is 0 Å². The smallest absolute Gasteiger partial charge is 0.0589 e. The van der Waals surface area contributed by atoms with E-state index < -0.39 is 0 Å². The molecular formula is C14H32N2O. The van der Waals surface area contributed by atoms with Crippen molar-refractivity contribution in [2.75, 3.05) is 39.9 Å². The van der Waals surface area contributed by atoms with Crippen LogP contribution in [0, 0.1) is 5.41 Å². The zero-order valence-electron chi connectivity index (χ0n) is 12.7. The molecule has 104 valence electrons. The number of likely N-dealkylation sites (N-methyl/N-ethyl adjacent to an activating group) is 1. The molecule has 0 saturated heterocycles. The first-order chi connectivity index (χ1) is 7.95. The van der Waals surface area contributed by atoms with Crippen LogP contribution in [-0.4, -0.2) is 50.8 Å². The molecule has 0 radical (unpaired) electrons. The third kappa shape index (κ3) is 7.74. The van der Waals surface area contributed by atoms with Gasteiger partial charge in [0.15, 0.2) is 0 Å². The average molecular weight is 244 g/mol. The summed E-state index contributed by atoms with van der Waals surface area (Å²) in [5.41, 5.74) is 0.301. The van der Waals surface area contributed by atoms with Crippen molar-refractivity contribution in [3.05, 3.63) is 0 Å². The van der Waals surface area contributed by atoms with E-state index >= 15 is 0 Å². The van der Waals surface area contributed by atoms with Gasteiger partial charge < -0.3 is 10.1 Å². The van der Waals surface area contributed by atoms with Crippen LogP contribution in [-0.2, 0) is 4.74 Å².